The SMILES string of the molecule is O=C(N/N=C\c1ccncc1)c1nc2ccccc2c(=O)[nH]1. The molecule has 22 heavy (non-hydrogen) atoms. The zero-order valence-electron chi connectivity index (χ0n) is 11.4. The number of hydrogen-bond acceptors (Lipinski definition) is 5. The first-order valence-electron chi connectivity index (χ1n) is 6.46. The summed E-state index contributed by atoms with van der Waals surface area (Å²) < 4.78 is 0. The third kappa shape index (κ3) is 2.88. The number of hydrogen-bond donors (Lipinski definition) is 2. The number of aromatic amines is 1. The van der Waals surface area contributed by atoms with Gasteiger partial charge in [0.2, 0.25) is 5.82 Å². The van der Waals surface area contributed by atoms with Crippen molar-refractivity contribution in [1.29, 1.82) is 0 Å². The van der Waals surface area contributed by atoms with Crippen LogP contribution in [0.1, 0.15) is 16.2 Å². The zero-order chi connectivity index (χ0) is 15.4. The number of fused-ring (bicyclic) bond motifs is 1. The van der Waals surface area contributed by atoms with E-state index in [0.717, 1.165) is 5.56 Å². The quantitative estimate of drug-likeness (QED) is 0.557. The summed E-state index contributed by atoms with van der Waals surface area (Å²) in [5, 5.41) is 4.24. The molecule has 0 bridgehead atoms. The third-order valence-electron chi connectivity index (χ3n) is 2.91. The van der Waals surface area contributed by atoms with E-state index in [4.69, 9.17) is 0 Å². The second-order valence-corrected chi connectivity index (χ2v) is 4.41. The van der Waals surface area contributed by atoms with E-state index in [9.17, 15) is 9.59 Å². The Kier molecular flexibility index (Phi) is 3.69. The van der Waals surface area contributed by atoms with E-state index in [0.29, 0.717) is 10.9 Å². The summed E-state index contributed by atoms with van der Waals surface area (Å²) in [6.07, 6.45) is 4.70. The number of carbonyl (C=O) groups excluding carboxylic acids is 1. The molecule has 0 radical (unpaired) electrons. The van der Waals surface area contributed by atoms with Crippen LogP contribution in [0.2, 0.25) is 0 Å². The van der Waals surface area contributed by atoms with Gasteiger partial charge in [0.1, 0.15) is 0 Å². The molecule has 0 aliphatic heterocycles. The Labute approximate surface area is 124 Å². The topological polar surface area (TPSA) is 100 Å². The number of benzene rings is 1. The van der Waals surface area contributed by atoms with Gasteiger partial charge in [-0.2, -0.15) is 5.10 Å². The van der Waals surface area contributed by atoms with Crippen LogP contribution in [-0.4, -0.2) is 27.1 Å². The van der Waals surface area contributed by atoms with Crippen LogP contribution >= 0.6 is 0 Å². The van der Waals surface area contributed by atoms with Gasteiger partial charge in [-0.3, -0.25) is 14.6 Å². The lowest BCUT2D eigenvalue weighted by Gasteiger charge is -2.01. The van der Waals surface area contributed by atoms with Gasteiger partial charge in [-0.25, -0.2) is 10.4 Å². The maximum absolute atomic E-state index is 12.0. The Morgan fingerprint density at radius 2 is 1.95 bits per heavy atom. The molecule has 7 heteroatoms. The monoisotopic (exact) mass is 293 g/mol. The Balaban J connectivity index is 1.81. The van der Waals surface area contributed by atoms with Gasteiger partial charge in [-0.05, 0) is 29.8 Å². The predicted molar refractivity (Wildman–Crippen MR) is 81.7 cm³/mol. The van der Waals surface area contributed by atoms with Crippen LogP contribution in [0, 0.1) is 0 Å². The molecule has 2 N–H and O–H groups in total. The van der Waals surface area contributed by atoms with Crippen molar-refractivity contribution in [1.82, 2.24) is 20.4 Å². The maximum Gasteiger partial charge on any atom is 0.307 e. The van der Waals surface area contributed by atoms with Crippen molar-refractivity contribution >= 4 is 23.0 Å². The molecule has 0 spiro atoms. The molecular weight excluding hydrogens is 282 g/mol. The van der Waals surface area contributed by atoms with E-state index in [2.05, 4.69) is 25.5 Å². The molecule has 108 valence electrons. The Morgan fingerprint density at radius 1 is 1.18 bits per heavy atom. The molecule has 0 aliphatic carbocycles. The molecule has 0 aliphatic rings. The van der Waals surface area contributed by atoms with Crippen molar-refractivity contribution in [2.24, 2.45) is 5.10 Å². The Morgan fingerprint density at radius 3 is 2.77 bits per heavy atom. The fourth-order valence-electron chi connectivity index (χ4n) is 1.86. The minimum Gasteiger partial charge on any atom is -0.302 e. The molecule has 2 heterocycles. The van der Waals surface area contributed by atoms with Crippen molar-refractivity contribution in [2.45, 2.75) is 0 Å². The standard InChI is InChI=1S/C15H11N5O2/c21-14-11-3-1-2-4-12(11)18-13(19-14)15(22)20-17-9-10-5-7-16-8-6-10/h1-9H,(H,20,22)(H,18,19,21)/b17-9-. The number of nitrogens with zero attached hydrogens (tertiary/aromatic N) is 3. The number of nitrogens with one attached hydrogen (secondary N) is 2. The number of H-pyrrole nitrogens is 1. The molecule has 2 aromatic heterocycles. The van der Waals surface area contributed by atoms with E-state index in [1.165, 1.54) is 6.21 Å². The van der Waals surface area contributed by atoms with E-state index >= 15 is 0 Å². The second kappa shape index (κ2) is 5.96. The maximum atomic E-state index is 12.0. The van der Waals surface area contributed by atoms with Crippen LogP contribution in [0.25, 0.3) is 10.9 Å². The van der Waals surface area contributed by atoms with Gasteiger partial charge in [-0.1, -0.05) is 12.1 Å². The highest BCUT2D eigenvalue weighted by molar-refractivity contribution is 5.93. The summed E-state index contributed by atoms with van der Waals surface area (Å²) in [5.74, 6) is -0.677. The number of para-hydroxylation sites is 1. The Hall–Kier alpha value is -3.35. The highest BCUT2D eigenvalue weighted by Gasteiger charge is 2.10. The van der Waals surface area contributed by atoms with E-state index in [1.54, 1.807) is 48.8 Å². The normalized spacial score (nSPS) is 10.9. The number of carbonyl (C=O) groups is 1. The van der Waals surface area contributed by atoms with Crippen LogP contribution in [0.5, 0.6) is 0 Å². The molecule has 1 amide bonds. The van der Waals surface area contributed by atoms with E-state index in [1.807, 2.05) is 0 Å². The first-order chi connectivity index (χ1) is 10.7. The van der Waals surface area contributed by atoms with Gasteiger partial charge in [-0.15, -0.1) is 0 Å². The second-order valence-electron chi connectivity index (χ2n) is 4.41. The van der Waals surface area contributed by atoms with Crippen LogP contribution < -0.4 is 11.0 Å². The molecule has 0 saturated heterocycles. The molecule has 7 nitrogen and oxygen atoms in total. The van der Waals surface area contributed by atoms with Crippen LogP contribution in [0.3, 0.4) is 0 Å². The Bertz CT molecular complexity index is 902. The molecular formula is C15H11N5O2. The largest absolute Gasteiger partial charge is 0.307 e. The van der Waals surface area contributed by atoms with Crippen LogP contribution in [0.15, 0.2) is 58.7 Å². The number of hydrazone groups is 1. The number of rotatable bonds is 3. The van der Waals surface area contributed by atoms with Crippen molar-refractivity contribution in [2.75, 3.05) is 0 Å². The van der Waals surface area contributed by atoms with Crippen LogP contribution in [0.4, 0.5) is 0 Å². The molecule has 1 aromatic carbocycles. The lowest BCUT2D eigenvalue weighted by atomic mass is 10.2. The number of amides is 1. The van der Waals surface area contributed by atoms with E-state index in [-0.39, 0.29) is 11.4 Å². The van der Waals surface area contributed by atoms with Crippen molar-refractivity contribution < 1.29 is 4.79 Å². The zero-order valence-corrected chi connectivity index (χ0v) is 11.4. The summed E-state index contributed by atoms with van der Waals surface area (Å²) >= 11 is 0. The van der Waals surface area contributed by atoms with Gasteiger partial charge in [0.05, 0.1) is 17.1 Å². The first-order valence-corrected chi connectivity index (χ1v) is 6.46. The average Bonchev–Trinajstić information content (AvgIpc) is 2.56. The highest BCUT2D eigenvalue weighted by Crippen LogP contribution is 2.05. The summed E-state index contributed by atoms with van der Waals surface area (Å²) in [5.41, 5.74) is 3.19. The molecule has 0 fully saturated rings. The summed E-state index contributed by atoms with van der Waals surface area (Å²) in [6.45, 7) is 0. The first kappa shape index (κ1) is 13.6. The summed E-state index contributed by atoms with van der Waals surface area (Å²) in [7, 11) is 0. The smallest absolute Gasteiger partial charge is 0.302 e. The van der Waals surface area contributed by atoms with Gasteiger partial charge in [0, 0.05) is 12.4 Å². The fourth-order valence-corrected chi connectivity index (χ4v) is 1.86. The molecule has 0 atom stereocenters. The highest BCUT2D eigenvalue weighted by atomic mass is 16.2. The van der Waals surface area contributed by atoms with Gasteiger partial charge in [0.15, 0.2) is 0 Å². The fraction of sp³-hybridized carbons (Fsp3) is 0. The van der Waals surface area contributed by atoms with Crippen molar-refractivity contribution in [3.05, 3.63) is 70.5 Å². The lowest BCUT2D eigenvalue weighted by Crippen LogP contribution is -2.24. The number of pyridine rings is 1. The minimum atomic E-state index is -0.590. The molecule has 3 rings (SSSR count). The van der Waals surface area contributed by atoms with Crippen molar-refractivity contribution in [3.63, 3.8) is 0 Å². The summed E-state index contributed by atoms with van der Waals surface area (Å²) in [4.78, 5) is 34.3. The average molecular weight is 293 g/mol. The summed E-state index contributed by atoms with van der Waals surface area (Å²) in [6, 6.07) is 10.3. The van der Waals surface area contributed by atoms with Crippen LogP contribution in [-0.2, 0) is 0 Å². The lowest BCUT2D eigenvalue weighted by molar-refractivity contribution is 0.0945. The minimum absolute atomic E-state index is 0.0874. The molecule has 3 aromatic rings. The van der Waals surface area contributed by atoms with E-state index < -0.39 is 5.91 Å². The van der Waals surface area contributed by atoms with Crippen molar-refractivity contribution in [3.8, 4) is 0 Å². The molecule has 0 saturated carbocycles. The molecule has 0 unspecified atom stereocenters. The third-order valence-corrected chi connectivity index (χ3v) is 2.91. The number of aromatic nitrogens is 3. The van der Waals surface area contributed by atoms with Gasteiger partial charge in [0.25, 0.3) is 5.56 Å². The van der Waals surface area contributed by atoms with Gasteiger partial charge >= 0.3 is 5.91 Å². The predicted octanol–water partition coefficient (Wildman–Crippen LogP) is 1.08. The van der Waals surface area contributed by atoms with Gasteiger partial charge < -0.3 is 4.98 Å².